The molecule has 0 aliphatic heterocycles. The lowest BCUT2D eigenvalue weighted by Gasteiger charge is -2.06. The van der Waals surface area contributed by atoms with Crippen LogP contribution in [-0.4, -0.2) is 25.7 Å². The molecular formula is C16H14N6O2S. The number of carbonyl (C=O) groups excluding carboxylic acids is 1. The number of rotatable bonds is 3. The zero-order valence-corrected chi connectivity index (χ0v) is 14.3. The Balaban J connectivity index is 2.08. The fraction of sp³-hybridized carbons (Fsp3) is 0.125. The van der Waals surface area contributed by atoms with Gasteiger partial charge in [0.15, 0.2) is 5.76 Å². The lowest BCUT2D eigenvalue weighted by Crippen LogP contribution is -2.10. The third-order valence-corrected chi connectivity index (χ3v) is 4.87. The molecule has 0 aliphatic carbocycles. The lowest BCUT2D eigenvalue weighted by molar-refractivity contribution is 0.100. The second-order valence-corrected chi connectivity index (χ2v) is 6.58. The SMILES string of the molecule is Cc1cc(C)n(-c2nc(-c3ccco3)c3c(N)c(C(N)=O)sc3n2)n1. The molecule has 0 atom stereocenters. The van der Waals surface area contributed by atoms with Crippen molar-refractivity contribution in [2.24, 2.45) is 5.73 Å². The molecule has 0 aliphatic rings. The van der Waals surface area contributed by atoms with Crippen LogP contribution in [0.25, 0.3) is 27.6 Å². The van der Waals surface area contributed by atoms with Crippen molar-refractivity contribution in [1.29, 1.82) is 0 Å². The minimum Gasteiger partial charge on any atom is -0.463 e. The summed E-state index contributed by atoms with van der Waals surface area (Å²) in [6.07, 6.45) is 1.55. The van der Waals surface area contributed by atoms with Gasteiger partial charge in [-0.2, -0.15) is 10.1 Å². The van der Waals surface area contributed by atoms with Gasteiger partial charge in [0.2, 0.25) is 0 Å². The summed E-state index contributed by atoms with van der Waals surface area (Å²) in [4.78, 5) is 21.6. The largest absolute Gasteiger partial charge is 0.463 e. The Bertz CT molecular complexity index is 1110. The highest BCUT2D eigenvalue weighted by molar-refractivity contribution is 7.21. The zero-order chi connectivity index (χ0) is 17.7. The molecule has 0 fully saturated rings. The van der Waals surface area contributed by atoms with Crippen molar-refractivity contribution in [2.75, 3.05) is 5.73 Å². The van der Waals surface area contributed by atoms with Crippen LogP contribution >= 0.6 is 11.3 Å². The number of carbonyl (C=O) groups is 1. The van der Waals surface area contributed by atoms with Crippen LogP contribution in [0.1, 0.15) is 21.1 Å². The minimum atomic E-state index is -0.599. The maximum Gasteiger partial charge on any atom is 0.260 e. The highest BCUT2D eigenvalue weighted by Crippen LogP contribution is 2.38. The number of nitrogens with zero attached hydrogens (tertiary/aromatic N) is 4. The fourth-order valence-electron chi connectivity index (χ4n) is 2.71. The van der Waals surface area contributed by atoms with Gasteiger partial charge in [0.05, 0.1) is 23.0 Å². The molecule has 4 rings (SSSR count). The molecule has 4 aromatic rings. The average Bonchev–Trinajstić information content (AvgIpc) is 3.26. The predicted molar refractivity (Wildman–Crippen MR) is 94.6 cm³/mol. The molecule has 0 radical (unpaired) electrons. The Morgan fingerprint density at radius 3 is 2.72 bits per heavy atom. The van der Waals surface area contributed by atoms with E-state index in [9.17, 15) is 4.79 Å². The molecule has 0 aromatic carbocycles. The predicted octanol–water partition coefficient (Wildman–Crippen LogP) is 2.43. The summed E-state index contributed by atoms with van der Waals surface area (Å²) in [6.45, 7) is 3.81. The number of furan rings is 1. The van der Waals surface area contributed by atoms with Crippen molar-refractivity contribution >= 4 is 33.1 Å². The topological polar surface area (TPSA) is 126 Å². The third kappa shape index (κ3) is 2.36. The van der Waals surface area contributed by atoms with E-state index in [0.29, 0.717) is 27.6 Å². The van der Waals surface area contributed by atoms with Gasteiger partial charge in [0, 0.05) is 5.69 Å². The first-order valence-corrected chi connectivity index (χ1v) is 8.24. The van der Waals surface area contributed by atoms with E-state index in [4.69, 9.17) is 15.9 Å². The summed E-state index contributed by atoms with van der Waals surface area (Å²) in [5.41, 5.74) is 14.1. The summed E-state index contributed by atoms with van der Waals surface area (Å²) in [5, 5.41) is 4.97. The van der Waals surface area contributed by atoms with E-state index >= 15 is 0 Å². The van der Waals surface area contributed by atoms with Crippen LogP contribution in [0.2, 0.25) is 0 Å². The molecule has 0 spiro atoms. The van der Waals surface area contributed by atoms with Crippen molar-refractivity contribution in [3.63, 3.8) is 0 Å². The molecule has 25 heavy (non-hydrogen) atoms. The summed E-state index contributed by atoms with van der Waals surface area (Å²) in [7, 11) is 0. The zero-order valence-electron chi connectivity index (χ0n) is 13.5. The first-order valence-electron chi connectivity index (χ1n) is 7.43. The van der Waals surface area contributed by atoms with Gasteiger partial charge in [-0.3, -0.25) is 4.79 Å². The van der Waals surface area contributed by atoms with Crippen LogP contribution in [0.4, 0.5) is 5.69 Å². The number of fused-ring (bicyclic) bond motifs is 1. The van der Waals surface area contributed by atoms with Gasteiger partial charge in [0.25, 0.3) is 11.9 Å². The van der Waals surface area contributed by atoms with Gasteiger partial charge in [-0.1, -0.05) is 0 Å². The normalized spacial score (nSPS) is 11.3. The Morgan fingerprint density at radius 1 is 1.32 bits per heavy atom. The number of aromatic nitrogens is 4. The van der Waals surface area contributed by atoms with Crippen LogP contribution in [0, 0.1) is 13.8 Å². The Kier molecular flexibility index (Phi) is 3.32. The van der Waals surface area contributed by atoms with Crippen molar-refractivity contribution < 1.29 is 9.21 Å². The van der Waals surface area contributed by atoms with Crippen LogP contribution in [0.5, 0.6) is 0 Å². The molecule has 0 saturated heterocycles. The number of amides is 1. The Labute approximate surface area is 146 Å². The third-order valence-electron chi connectivity index (χ3n) is 3.75. The van der Waals surface area contributed by atoms with E-state index in [0.717, 1.165) is 22.7 Å². The number of hydrogen-bond donors (Lipinski definition) is 2. The smallest absolute Gasteiger partial charge is 0.260 e. The fourth-order valence-corrected chi connectivity index (χ4v) is 3.65. The average molecular weight is 354 g/mol. The summed E-state index contributed by atoms with van der Waals surface area (Å²) >= 11 is 1.13. The van der Waals surface area contributed by atoms with E-state index in [-0.39, 0.29) is 10.6 Å². The number of hydrogen-bond acceptors (Lipinski definition) is 7. The second-order valence-electron chi connectivity index (χ2n) is 5.58. The standard InChI is InChI=1S/C16H14N6O2S/c1-7-6-8(2)22(21-7)16-19-12(9-4-3-5-24-9)10-11(17)13(14(18)23)25-15(10)20-16/h3-6H,17H2,1-2H3,(H2,18,23). The van der Waals surface area contributed by atoms with Gasteiger partial charge >= 0.3 is 0 Å². The number of anilines is 1. The molecule has 9 heteroatoms. The van der Waals surface area contributed by atoms with Gasteiger partial charge in [0.1, 0.15) is 15.4 Å². The van der Waals surface area contributed by atoms with E-state index in [1.54, 1.807) is 23.1 Å². The quantitative estimate of drug-likeness (QED) is 0.582. The monoisotopic (exact) mass is 354 g/mol. The van der Waals surface area contributed by atoms with Gasteiger partial charge in [-0.05, 0) is 32.0 Å². The van der Waals surface area contributed by atoms with Gasteiger partial charge in [-0.15, -0.1) is 11.3 Å². The molecule has 0 saturated carbocycles. The summed E-state index contributed by atoms with van der Waals surface area (Å²) in [6, 6.07) is 5.45. The first kappa shape index (κ1) is 15.3. The Hall–Kier alpha value is -3.20. The van der Waals surface area contributed by atoms with Gasteiger partial charge in [-0.25, -0.2) is 9.67 Å². The van der Waals surface area contributed by atoms with Crippen LogP contribution < -0.4 is 11.5 Å². The van der Waals surface area contributed by atoms with Crippen LogP contribution in [-0.2, 0) is 0 Å². The lowest BCUT2D eigenvalue weighted by atomic mass is 10.2. The molecular weight excluding hydrogens is 340 g/mol. The van der Waals surface area contributed by atoms with Gasteiger partial charge < -0.3 is 15.9 Å². The molecule has 1 amide bonds. The molecule has 8 nitrogen and oxygen atoms in total. The van der Waals surface area contributed by atoms with E-state index in [1.807, 2.05) is 19.9 Å². The van der Waals surface area contributed by atoms with E-state index in [2.05, 4.69) is 15.1 Å². The number of nitrogen functional groups attached to an aromatic ring is 1. The maximum absolute atomic E-state index is 11.7. The molecule has 0 bridgehead atoms. The van der Waals surface area contributed by atoms with E-state index < -0.39 is 5.91 Å². The number of thiophene rings is 1. The van der Waals surface area contributed by atoms with Crippen molar-refractivity contribution in [3.8, 4) is 17.4 Å². The van der Waals surface area contributed by atoms with E-state index in [1.165, 1.54) is 0 Å². The second kappa shape index (κ2) is 5.42. The minimum absolute atomic E-state index is 0.252. The number of nitrogens with two attached hydrogens (primary N) is 2. The van der Waals surface area contributed by atoms with Crippen LogP contribution in [0.15, 0.2) is 28.9 Å². The Morgan fingerprint density at radius 2 is 2.12 bits per heavy atom. The first-order chi connectivity index (χ1) is 12.0. The van der Waals surface area contributed by atoms with Crippen molar-refractivity contribution in [1.82, 2.24) is 19.7 Å². The van der Waals surface area contributed by atoms with Crippen molar-refractivity contribution in [2.45, 2.75) is 13.8 Å². The highest BCUT2D eigenvalue weighted by atomic mass is 32.1. The van der Waals surface area contributed by atoms with Crippen molar-refractivity contribution in [3.05, 3.63) is 40.7 Å². The molecule has 4 aromatic heterocycles. The molecule has 4 N–H and O–H groups in total. The number of primary amides is 1. The molecule has 126 valence electrons. The van der Waals surface area contributed by atoms with Crippen LogP contribution in [0.3, 0.4) is 0 Å². The number of aryl methyl sites for hydroxylation is 2. The molecule has 0 unspecified atom stereocenters. The summed E-state index contributed by atoms with van der Waals surface area (Å²) in [5.74, 6) is 0.302. The highest BCUT2D eigenvalue weighted by Gasteiger charge is 2.23. The maximum atomic E-state index is 11.7. The summed E-state index contributed by atoms with van der Waals surface area (Å²) < 4.78 is 7.13. The molecule has 4 heterocycles.